The Hall–Kier alpha value is -4.47. The molecule has 184 valence electrons. The number of hydrogen-bond acceptors (Lipinski definition) is 6. The third kappa shape index (κ3) is 4.21. The maximum Gasteiger partial charge on any atom is 0.262 e. The van der Waals surface area contributed by atoms with Crippen molar-refractivity contribution in [2.45, 2.75) is 32.2 Å². The van der Waals surface area contributed by atoms with Crippen LogP contribution < -0.4 is 15.4 Å². The average molecular weight is 489 g/mol. The van der Waals surface area contributed by atoms with Gasteiger partial charge in [0.2, 0.25) is 11.8 Å². The summed E-state index contributed by atoms with van der Waals surface area (Å²) in [5, 5.41) is 6.11. The van der Waals surface area contributed by atoms with Crippen LogP contribution in [0.4, 0.5) is 0 Å². The molecule has 1 fully saturated rings. The second kappa shape index (κ2) is 9.29. The predicted octanol–water partition coefficient (Wildman–Crippen LogP) is 1.62. The van der Waals surface area contributed by atoms with Gasteiger partial charge in [0.25, 0.3) is 17.7 Å². The van der Waals surface area contributed by atoms with Crippen LogP contribution in [0.25, 0.3) is 10.9 Å². The summed E-state index contributed by atoms with van der Waals surface area (Å²) in [7, 11) is 0. The second-order valence-corrected chi connectivity index (χ2v) is 8.85. The molecule has 0 bridgehead atoms. The fourth-order valence-corrected chi connectivity index (χ4v) is 4.65. The molecule has 1 aromatic heterocycles. The number of hydrogen-bond donors (Lipinski definition) is 3. The lowest BCUT2D eigenvalue weighted by atomic mass is 10.0. The van der Waals surface area contributed by atoms with Crippen LogP contribution in [0.2, 0.25) is 0 Å². The van der Waals surface area contributed by atoms with Gasteiger partial charge in [0, 0.05) is 30.1 Å². The van der Waals surface area contributed by atoms with Gasteiger partial charge in [0.15, 0.2) is 6.61 Å². The first kappa shape index (κ1) is 23.3. The number of benzene rings is 2. The minimum Gasteiger partial charge on any atom is -0.484 e. The topological polar surface area (TPSA) is 138 Å². The van der Waals surface area contributed by atoms with Crippen LogP contribution in [0, 0.1) is 6.92 Å². The zero-order valence-corrected chi connectivity index (χ0v) is 19.6. The maximum absolute atomic E-state index is 12.9. The summed E-state index contributed by atoms with van der Waals surface area (Å²) in [6.07, 6.45) is 2.73. The van der Waals surface area contributed by atoms with Gasteiger partial charge in [0.1, 0.15) is 11.8 Å². The highest BCUT2D eigenvalue weighted by atomic mass is 16.5. The predicted molar refractivity (Wildman–Crippen MR) is 128 cm³/mol. The lowest BCUT2D eigenvalue weighted by Gasteiger charge is -2.27. The lowest BCUT2D eigenvalue weighted by molar-refractivity contribution is -0.136. The summed E-state index contributed by atoms with van der Waals surface area (Å²) in [4.78, 5) is 65.7. The molecule has 5 rings (SSSR count). The molecule has 3 heterocycles. The van der Waals surface area contributed by atoms with E-state index < -0.39 is 29.7 Å². The Labute approximate surface area is 206 Å². The third-order valence-electron chi connectivity index (χ3n) is 6.51. The van der Waals surface area contributed by atoms with Crippen molar-refractivity contribution in [3.63, 3.8) is 0 Å². The highest BCUT2D eigenvalue weighted by Crippen LogP contribution is 2.30. The van der Waals surface area contributed by atoms with Crippen molar-refractivity contribution in [3.8, 4) is 5.75 Å². The molecule has 5 amide bonds. The van der Waals surface area contributed by atoms with E-state index in [0.29, 0.717) is 13.0 Å². The van der Waals surface area contributed by atoms with Crippen LogP contribution in [-0.2, 0) is 20.8 Å². The molecule has 1 atom stereocenters. The quantitative estimate of drug-likeness (QED) is 0.432. The molecule has 0 aliphatic carbocycles. The molecule has 1 saturated heterocycles. The van der Waals surface area contributed by atoms with Crippen LogP contribution >= 0.6 is 0 Å². The van der Waals surface area contributed by atoms with Gasteiger partial charge >= 0.3 is 0 Å². The summed E-state index contributed by atoms with van der Waals surface area (Å²) in [5.41, 5.74) is 3.60. The van der Waals surface area contributed by atoms with E-state index in [1.54, 1.807) is 0 Å². The van der Waals surface area contributed by atoms with Crippen molar-refractivity contribution in [1.29, 1.82) is 0 Å². The summed E-state index contributed by atoms with van der Waals surface area (Å²) in [6.45, 7) is 2.21. The molecule has 0 radical (unpaired) electrons. The monoisotopic (exact) mass is 488 g/mol. The van der Waals surface area contributed by atoms with Crippen LogP contribution in [0.3, 0.4) is 0 Å². The second-order valence-electron chi connectivity index (χ2n) is 8.85. The van der Waals surface area contributed by atoms with Crippen LogP contribution in [0.5, 0.6) is 5.75 Å². The zero-order valence-electron chi connectivity index (χ0n) is 19.6. The molecule has 3 aromatic rings. The lowest BCUT2D eigenvalue weighted by Crippen LogP contribution is -2.54. The number of para-hydroxylation sites is 1. The van der Waals surface area contributed by atoms with Gasteiger partial charge in [0.05, 0.1) is 11.1 Å². The number of carbonyl (C=O) groups excluding carboxylic acids is 5. The van der Waals surface area contributed by atoms with Gasteiger partial charge in [-0.1, -0.05) is 18.2 Å². The van der Waals surface area contributed by atoms with Gasteiger partial charge in [-0.15, -0.1) is 0 Å². The van der Waals surface area contributed by atoms with Crippen LogP contribution in [-0.4, -0.2) is 58.6 Å². The molecule has 1 unspecified atom stereocenters. The van der Waals surface area contributed by atoms with Gasteiger partial charge in [-0.05, 0) is 49.1 Å². The molecular weight excluding hydrogens is 464 g/mol. The number of aromatic nitrogens is 1. The molecule has 10 heteroatoms. The number of fused-ring (bicyclic) bond motifs is 2. The van der Waals surface area contributed by atoms with Gasteiger partial charge < -0.3 is 15.0 Å². The highest BCUT2D eigenvalue weighted by molar-refractivity contribution is 6.23. The van der Waals surface area contributed by atoms with E-state index in [2.05, 4.69) is 15.6 Å². The van der Waals surface area contributed by atoms with Gasteiger partial charge in [-0.2, -0.15) is 0 Å². The summed E-state index contributed by atoms with van der Waals surface area (Å²) < 4.78 is 5.54. The van der Waals surface area contributed by atoms with E-state index in [9.17, 15) is 24.0 Å². The molecule has 36 heavy (non-hydrogen) atoms. The SMILES string of the molecule is Cc1cccc2c(CCNC(=O)COc3ccc4c(c3)C(=O)N(C3CCC(=O)NC3=O)C4=O)c[nH]c12. The summed E-state index contributed by atoms with van der Waals surface area (Å²) in [5.74, 6) is -2.40. The Kier molecular flexibility index (Phi) is 6.01. The number of aromatic amines is 1. The third-order valence-corrected chi connectivity index (χ3v) is 6.51. The number of rotatable bonds is 7. The van der Waals surface area contributed by atoms with E-state index in [1.165, 1.54) is 18.2 Å². The van der Waals surface area contributed by atoms with E-state index in [0.717, 1.165) is 26.9 Å². The number of H-pyrrole nitrogens is 1. The van der Waals surface area contributed by atoms with E-state index in [4.69, 9.17) is 4.74 Å². The fraction of sp³-hybridized carbons (Fsp3) is 0.269. The standard InChI is InChI=1S/C26H24N4O6/c1-14-3-2-4-17-15(12-28-23(14)17)9-10-27-22(32)13-36-16-5-6-18-19(11-16)26(35)30(25(18)34)20-7-8-21(31)29-24(20)33/h2-6,11-12,20,28H,7-10,13H2,1H3,(H,27,32)(H,29,31,33). The normalized spacial score (nSPS) is 17.4. The number of amides is 5. The summed E-state index contributed by atoms with van der Waals surface area (Å²) in [6, 6.07) is 9.37. The van der Waals surface area contributed by atoms with Crippen LogP contribution in [0.1, 0.15) is 44.7 Å². The summed E-state index contributed by atoms with van der Waals surface area (Å²) >= 11 is 0. The van der Waals surface area contributed by atoms with Crippen molar-refractivity contribution in [1.82, 2.24) is 20.5 Å². The Morgan fingerprint density at radius 2 is 1.92 bits per heavy atom. The number of nitrogens with one attached hydrogen (secondary N) is 3. The number of aryl methyl sites for hydroxylation is 1. The first-order valence-electron chi connectivity index (χ1n) is 11.6. The maximum atomic E-state index is 12.9. The van der Waals surface area contributed by atoms with E-state index >= 15 is 0 Å². The van der Waals surface area contributed by atoms with Crippen molar-refractivity contribution >= 4 is 40.4 Å². The van der Waals surface area contributed by atoms with E-state index in [1.807, 2.05) is 31.3 Å². The first-order valence-corrected chi connectivity index (χ1v) is 11.6. The minimum absolute atomic E-state index is 0.0488. The Bertz CT molecular complexity index is 1430. The average Bonchev–Trinajstić information content (AvgIpc) is 3.38. The molecule has 0 spiro atoms. The van der Waals surface area contributed by atoms with E-state index in [-0.39, 0.29) is 42.2 Å². The molecular formula is C26H24N4O6. The fourth-order valence-electron chi connectivity index (χ4n) is 4.65. The van der Waals surface area contributed by atoms with Crippen molar-refractivity contribution in [2.24, 2.45) is 0 Å². The molecule has 2 aliphatic rings. The zero-order chi connectivity index (χ0) is 25.4. The molecule has 0 saturated carbocycles. The molecule has 2 aromatic carbocycles. The van der Waals surface area contributed by atoms with Crippen molar-refractivity contribution < 1.29 is 28.7 Å². The molecule has 10 nitrogen and oxygen atoms in total. The largest absolute Gasteiger partial charge is 0.484 e. The molecule has 3 N–H and O–H groups in total. The Morgan fingerprint density at radius 1 is 1.11 bits per heavy atom. The number of nitrogens with zero attached hydrogens (tertiary/aromatic N) is 1. The Morgan fingerprint density at radius 3 is 2.72 bits per heavy atom. The smallest absolute Gasteiger partial charge is 0.262 e. The van der Waals surface area contributed by atoms with Gasteiger partial charge in [-0.25, -0.2) is 0 Å². The van der Waals surface area contributed by atoms with Crippen molar-refractivity contribution in [2.75, 3.05) is 13.2 Å². The minimum atomic E-state index is -1.04. The molecule has 2 aliphatic heterocycles. The van der Waals surface area contributed by atoms with Gasteiger partial charge in [-0.3, -0.25) is 34.2 Å². The van der Waals surface area contributed by atoms with Crippen molar-refractivity contribution in [3.05, 3.63) is 64.8 Å². The first-order chi connectivity index (χ1) is 17.3. The number of imide groups is 2. The number of ether oxygens (including phenoxy) is 1. The Balaban J connectivity index is 1.17. The van der Waals surface area contributed by atoms with Crippen LogP contribution in [0.15, 0.2) is 42.6 Å². The highest BCUT2D eigenvalue weighted by Gasteiger charge is 2.44. The number of piperidine rings is 1. The number of carbonyl (C=O) groups is 5.